The van der Waals surface area contributed by atoms with Crippen molar-refractivity contribution in [1.29, 1.82) is 0 Å². The summed E-state index contributed by atoms with van der Waals surface area (Å²) in [6.45, 7) is 6.18. The van der Waals surface area contributed by atoms with Gasteiger partial charge in [-0.2, -0.15) is 5.10 Å². The minimum atomic E-state index is 0.0589. The molecule has 2 aromatic rings. The highest BCUT2D eigenvalue weighted by molar-refractivity contribution is 7.11. The predicted molar refractivity (Wildman–Crippen MR) is 73.3 cm³/mol. The molecule has 1 unspecified atom stereocenters. The molecule has 1 atom stereocenters. The zero-order valence-electron chi connectivity index (χ0n) is 11.2. The highest BCUT2D eigenvalue weighted by Gasteiger charge is 2.18. The third kappa shape index (κ3) is 2.45. The third-order valence-corrected chi connectivity index (χ3v) is 4.40. The minimum absolute atomic E-state index is 0.0589. The summed E-state index contributed by atoms with van der Waals surface area (Å²) in [5, 5.41) is 5.36. The van der Waals surface area contributed by atoms with Crippen LogP contribution in [0.25, 0.3) is 0 Å². The van der Waals surface area contributed by atoms with E-state index < -0.39 is 0 Å². The first-order valence-electron chi connectivity index (χ1n) is 5.90. The van der Waals surface area contributed by atoms with Crippen LogP contribution in [0.5, 0.6) is 0 Å². The van der Waals surface area contributed by atoms with Crippen molar-refractivity contribution in [3.63, 3.8) is 0 Å². The van der Waals surface area contributed by atoms with E-state index in [1.807, 2.05) is 31.8 Å². The number of hydrazine groups is 1. The molecule has 98 valence electrons. The number of thiazole rings is 1. The second-order valence-electron chi connectivity index (χ2n) is 4.48. The maximum Gasteiger partial charge on any atom is 0.0950 e. The van der Waals surface area contributed by atoms with Gasteiger partial charge in [-0.15, -0.1) is 11.3 Å². The van der Waals surface area contributed by atoms with E-state index in [2.05, 4.69) is 22.4 Å². The molecule has 2 aromatic heterocycles. The number of aromatic nitrogens is 3. The zero-order valence-corrected chi connectivity index (χ0v) is 12.0. The molecule has 0 aliphatic carbocycles. The van der Waals surface area contributed by atoms with E-state index >= 15 is 0 Å². The fourth-order valence-electron chi connectivity index (χ4n) is 1.92. The Balaban J connectivity index is 2.22. The van der Waals surface area contributed by atoms with Gasteiger partial charge < -0.3 is 0 Å². The summed E-state index contributed by atoms with van der Waals surface area (Å²) in [5.41, 5.74) is 6.23. The first-order valence-corrected chi connectivity index (χ1v) is 6.72. The molecule has 18 heavy (non-hydrogen) atoms. The van der Waals surface area contributed by atoms with Crippen LogP contribution in [0, 0.1) is 20.8 Å². The van der Waals surface area contributed by atoms with E-state index in [0.717, 1.165) is 28.4 Å². The van der Waals surface area contributed by atoms with Crippen molar-refractivity contribution in [2.75, 3.05) is 0 Å². The molecule has 0 amide bonds. The monoisotopic (exact) mass is 265 g/mol. The summed E-state index contributed by atoms with van der Waals surface area (Å²) in [6.07, 6.45) is 2.66. The number of nitrogens with two attached hydrogens (primary N) is 1. The maximum atomic E-state index is 5.67. The van der Waals surface area contributed by atoms with Gasteiger partial charge in [0, 0.05) is 29.6 Å². The van der Waals surface area contributed by atoms with Crippen LogP contribution in [0.4, 0.5) is 0 Å². The Kier molecular flexibility index (Phi) is 3.79. The molecule has 5 nitrogen and oxygen atoms in total. The average molecular weight is 265 g/mol. The van der Waals surface area contributed by atoms with Crippen molar-refractivity contribution in [2.24, 2.45) is 12.9 Å². The van der Waals surface area contributed by atoms with Crippen molar-refractivity contribution in [1.82, 2.24) is 20.2 Å². The fraction of sp³-hybridized carbons (Fsp3) is 0.500. The van der Waals surface area contributed by atoms with Crippen LogP contribution in [0.3, 0.4) is 0 Å². The number of hydrogen-bond donors (Lipinski definition) is 2. The van der Waals surface area contributed by atoms with E-state index in [9.17, 15) is 0 Å². The number of hydrogen-bond acceptors (Lipinski definition) is 5. The van der Waals surface area contributed by atoms with Gasteiger partial charge in [-0.1, -0.05) is 0 Å². The Hall–Kier alpha value is -1.24. The normalized spacial score (nSPS) is 12.9. The molecule has 0 fully saturated rings. The zero-order chi connectivity index (χ0) is 13.3. The van der Waals surface area contributed by atoms with Gasteiger partial charge in [0.05, 0.1) is 22.9 Å². The van der Waals surface area contributed by atoms with Gasteiger partial charge >= 0.3 is 0 Å². The maximum absolute atomic E-state index is 5.67. The van der Waals surface area contributed by atoms with E-state index in [1.54, 1.807) is 11.3 Å². The van der Waals surface area contributed by atoms with E-state index in [1.165, 1.54) is 4.88 Å². The highest BCUT2D eigenvalue weighted by atomic mass is 32.1. The lowest BCUT2D eigenvalue weighted by Gasteiger charge is -2.14. The van der Waals surface area contributed by atoms with Crippen molar-refractivity contribution in [2.45, 2.75) is 33.2 Å². The lowest BCUT2D eigenvalue weighted by molar-refractivity contribution is 0.546. The molecule has 2 rings (SSSR count). The van der Waals surface area contributed by atoms with Crippen molar-refractivity contribution in [3.8, 4) is 0 Å². The summed E-state index contributed by atoms with van der Waals surface area (Å²) < 4.78 is 1.86. The standard InChI is InChI=1S/C12H19N5S/c1-7-9(3)18-12(15-7)5-11(16-13)10-6-14-17(4)8(10)2/h6,11,16H,5,13H2,1-4H3. The Labute approximate surface area is 111 Å². The molecule has 2 heterocycles. The molecular weight excluding hydrogens is 246 g/mol. The fourth-order valence-corrected chi connectivity index (χ4v) is 2.90. The topological polar surface area (TPSA) is 68.8 Å². The van der Waals surface area contributed by atoms with Crippen molar-refractivity contribution >= 4 is 11.3 Å². The van der Waals surface area contributed by atoms with E-state index in [-0.39, 0.29) is 6.04 Å². The molecule has 0 aliphatic rings. The van der Waals surface area contributed by atoms with Crippen LogP contribution in [-0.2, 0) is 13.5 Å². The van der Waals surface area contributed by atoms with E-state index in [4.69, 9.17) is 5.84 Å². The summed E-state index contributed by atoms with van der Waals surface area (Å²) >= 11 is 1.73. The van der Waals surface area contributed by atoms with Gasteiger partial charge in [0.15, 0.2) is 0 Å². The molecule has 3 N–H and O–H groups in total. The number of nitrogens with one attached hydrogen (secondary N) is 1. The smallest absolute Gasteiger partial charge is 0.0950 e. The second kappa shape index (κ2) is 5.17. The van der Waals surface area contributed by atoms with Crippen LogP contribution in [0.1, 0.15) is 32.9 Å². The summed E-state index contributed by atoms with van der Waals surface area (Å²) in [7, 11) is 1.93. The number of nitrogens with zero attached hydrogens (tertiary/aromatic N) is 3. The summed E-state index contributed by atoms with van der Waals surface area (Å²) in [5.74, 6) is 5.67. The minimum Gasteiger partial charge on any atom is -0.273 e. The van der Waals surface area contributed by atoms with E-state index in [0.29, 0.717) is 0 Å². The van der Waals surface area contributed by atoms with Crippen LogP contribution in [0.2, 0.25) is 0 Å². The van der Waals surface area contributed by atoms with Gasteiger partial charge in [0.1, 0.15) is 0 Å². The number of aryl methyl sites for hydroxylation is 3. The molecule has 0 bridgehead atoms. The highest BCUT2D eigenvalue weighted by Crippen LogP contribution is 2.24. The van der Waals surface area contributed by atoms with Crippen molar-refractivity contribution < 1.29 is 0 Å². The van der Waals surface area contributed by atoms with Crippen LogP contribution in [-0.4, -0.2) is 14.8 Å². The lowest BCUT2D eigenvalue weighted by atomic mass is 10.1. The molecule has 0 aliphatic heterocycles. The van der Waals surface area contributed by atoms with Gasteiger partial charge in [-0.05, 0) is 20.8 Å². The molecule has 0 radical (unpaired) electrons. The molecule has 0 aromatic carbocycles. The van der Waals surface area contributed by atoms with Gasteiger partial charge in [-0.3, -0.25) is 16.0 Å². The first-order chi connectivity index (χ1) is 8.52. The van der Waals surface area contributed by atoms with Crippen molar-refractivity contribution in [3.05, 3.63) is 33.0 Å². The number of rotatable bonds is 4. The first kappa shape index (κ1) is 13.2. The third-order valence-electron chi connectivity index (χ3n) is 3.30. The molecule has 0 spiro atoms. The quantitative estimate of drug-likeness (QED) is 0.650. The molecule has 6 heteroatoms. The predicted octanol–water partition coefficient (Wildman–Crippen LogP) is 1.55. The molecule has 0 saturated carbocycles. The van der Waals surface area contributed by atoms with Gasteiger partial charge in [-0.25, -0.2) is 4.98 Å². The van der Waals surface area contributed by atoms with Gasteiger partial charge in [0.25, 0.3) is 0 Å². The summed E-state index contributed by atoms with van der Waals surface area (Å²) in [4.78, 5) is 5.82. The molecule has 0 saturated heterocycles. The molecular formula is C12H19N5S. The Morgan fingerprint density at radius 2 is 2.17 bits per heavy atom. The van der Waals surface area contributed by atoms with Gasteiger partial charge in [0.2, 0.25) is 0 Å². The second-order valence-corrected chi connectivity index (χ2v) is 5.77. The Bertz CT molecular complexity index is 523. The largest absolute Gasteiger partial charge is 0.273 e. The van der Waals surface area contributed by atoms with Crippen LogP contribution >= 0.6 is 11.3 Å². The van der Waals surface area contributed by atoms with Crippen LogP contribution < -0.4 is 11.3 Å². The summed E-state index contributed by atoms with van der Waals surface area (Å²) in [6, 6.07) is 0.0589. The SMILES string of the molecule is Cc1nc(CC(NN)c2cnn(C)c2C)sc1C. The van der Waals surface area contributed by atoms with Crippen LogP contribution in [0.15, 0.2) is 6.20 Å². The Morgan fingerprint density at radius 1 is 1.44 bits per heavy atom. The average Bonchev–Trinajstić information content (AvgIpc) is 2.82. The lowest BCUT2D eigenvalue weighted by Crippen LogP contribution is -2.29. The Morgan fingerprint density at radius 3 is 2.61 bits per heavy atom.